The maximum Gasteiger partial charge on any atom is 0.127 e. The van der Waals surface area contributed by atoms with Crippen molar-refractivity contribution in [3.05, 3.63) is 29.6 Å². The molecular formula is C16H26FNO3. The lowest BCUT2D eigenvalue weighted by Gasteiger charge is -2.13. The van der Waals surface area contributed by atoms with Crippen LogP contribution >= 0.6 is 0 Å². The molecule has 0 aromatic heterocycles. The van der Waals surface area contributed by atoms with Crippen molar-refractivity contribution >= 4 is 0 Å². The van der Waals surface area contributed by atoms with Crippen LogP contribution in [0.5, 0.6) is 5.75 Å². The number of rotatable bonds is 11. The van der Waals surface area contributed by atoms with E-state index >= 15 is 0 Å². The molecule has 0 aliphatic rings. The van der Waals surface area contributed by atoms with Gasteiger partial charge in [0.1, 0.15) is 24.3 Å². The summed E-state index contributed by atoms with van der Waals surface area (Å²) in [5.41, 5.74) is 0.820. The Balaban J connectivity index is 2.38. The van der Waals surface area contributed by atoms with Crippen molar-refractivity contribution in [2.45, 2.75) is 39.3 Å². The van der Waals surface area contributed by atoms with Crippen LogP contribution in [0.3, 0.4) is 0 Å². The van der Waals surface area contributed by atoms with E-state index in [0.717, 1.165) is 24.9 Å². The summed E-state index contributed by atoms with van der Waals surface area (Å²) in [5.74, 6) is 0.0876. The second-order valence-corrected chi connectivity index (χ2v) is 4.97. The zero-order valence-corrected chi connectivity index (χ0v) is 12.9. The molecule has 0 bridgehead atoms. The summed E-state index contributed by atoms with van der Waals surface area (Å²) in [7, 11) is 0. The van der Waals surface area contributed by atoms with Crippen LogP contribution in [-0.4, -0.2) is 37.6 Å². The Bertz CT molecular complexity index is 401. The van der Waals surface area contributed by atoms with Gasteiger partial charge in [0.2, 0.25) is 0 Å². The molecule has 1 aromatic carbocycles. The fraction of sp³-hybridized carbons (Fsp3) is 0.625. The van der Waals surface area contributed by atoms with Gasteiger partial charge in [-0.05, 0) is 30.7 Å². The fourth-order valence-electron chi connectivity index (χ4n) is 1.78. The van der Waals surface area contributed by atoms with E-state index < -0.39 is 6.10 Å². The highest BCUT2D eigenvalue weighted by Gasteiger charge is 2.07. The number of nitrogens with one attached hydrogen (secondary N) is 1. The summed E-state index contributed by atoms with van der Waals surface area (Å²) in [4.78, 5) is 0. The van der Waals surface area contributed by atoms with Gasteiger partial charge in [-0.3, -0.25) is 0 Å². The summed E-state index contributed by atoms with van der Waals surface area (Å²) in [6.07, 6.45) is 1.33. The van der Waals surface area contributed by atoms with Gasteiger partial charge in [0.15, 0.2) is 0 Å². The van der Waals surface area contributed by atoms with Crippen LogP contribution in [-0.2, 0) is 11.3 Å². The molecule has 1 atom stereocenters. The van der Waals surface area contributed by atoms with Gasteiger partial charge in [-0.25, -0.2) is 4.39 Å². The maximum absolute atomic E-state index is 13.5. The van der Waals surface area contributed by atoms with E-state index in [1.54, 1.807) is 6.07 Å². The maximum atomic E-state index is 13.5. The number of ether oxygens (including phenoxy) is 2. The minimum Gasteiger partial charge on any atom is -0.491 e. The summed E-state index contributed by atoms with van der Waals surface area (Å²) >= 11 is 0. The number of halogens is 1. The SMILES string of the molecule is CCCCOCC(O)COc1cc(F)cc(CNCC)c1. The second kappa shape index (κ2) is 10.5. The lowest BCUT2D eigenvalue weighted by atomic mass is 10.2. The number of hydrogen-bond donors (Lipinski definition) is 2. The largest absolute Gasteiger partial charge is 0.491 e. The highest BCUT2D eigenvalue weighted by atomic mass is 19.1. The van der Waals surface area contributed by atoms with Gasteiger partial charge in [0, 0.05) is 19.2 Å². The molecular weight excluding hydrogens is 273 g/mol. The molecule has 21 heavy (non-hydrogen) atoms. The quantitative estimate of drug-likeness (QED) is 0.616. The Kier molecular flexibility index (Phi) is 8.98. The molecule has 0 aliphatic heterocycles. The summed E-state index contributed by atoms with van der Waals surface area (Å²) in [5, 5.41) is 12.9. The molecule has 0 fully saturated rings. The molecule has 0 aliphatic carbocycles. The summed E-state index contributed by atoms with van der Waals surface area (Å²) < 4.78 is 24.2. The molecule has 2 N–H and O–H groups in total. The molecule has 1 aromatic rings. The molecule has 120 valence electrons. The predicted octanol–water partition coefficient (Wildman–Crippen LogP) is 2.49. The van der Waals surface area contributed by atoms with E-state index in [4.69, 9.17) is 9.47 Å². The molecule has 0 saturated carbocycles. The molecule has 0 amide bonds. The third-order valence-corrected chi connectivity index (χ3v) is 2.91. The first-order valence-corrected chi connectivity index (χ1v) is 7.54. The summed E-state index contributed by atoms with van der Waals surface area (Å²) in [6, 6.07) is 4.57. The van der Waals surface area contributed by atoms with Gasteiger partial charge < -0.3 is 19.9 Å². The predicted molar refractivity (Wildman–Crippen MR) is 81.0 cm³/mol. The van der Waals surface area contributed by atoms with Gasteiger partial charge in [0.05, 0.1) is 6.61 Å². The number of aliphatic hydroxyl groups excluding tert-OH is 1. The lowest BCUT2D eigenvalue weighted by molar-refractivity contribution is 0.0112. The Morgan fingerprint density at radius 3 is 2.76 bits per heavy atom. The average molecular weight is 299 g/mol. The van der Waals surface area contributed by atoms with Crippen LogP contribution in [0.1, 0.15) is 32.3 Å². The molecule has 5 heteroatoms. The third-order valence-electron chi connectivity index (χ3n) is 2.91. The first-order chi connectivity index (χ1) is 10.2. The second-order valence-electron chi connectivity index (χ2n) is 4.97. The summed E-state index contributed by atoms with van der Waals surface area (Å²) in [6.45, 7) is 6.45. The topological polar surface area (TPSA) is 50.7 Å². The third kappa shape index (κ3) is 7.99. The Morgan fingerprint density at radius 2 is 2.05 bits per heavy atom. The smallest absolute Gasteiger partial charge is 0.127 e. The van der Waals surface area contributed by atoms with Crippen LogP contribution < -0.4 is 10.1 Å². The molecule has 0 heterocycles. The van der Waals surface area contributed by atoms with E-state index in [-0.39, 0.29) is 19.0 Å². The van der Waals surface area contributed by atoms with E-state index in [0.29, 0.717) is 18.9 Å². The highest BCUT2D eigenvalue weighted by Crippen LogP contribution is 2.16. The van der Waals surface area contributed by atoms with Gasteiger partial charge in [-0.2, -0.15) is 0 Å². The number of unbranched alkanes of at least 4 members (excludes halogenated alkanes) is 1. The Morgan fingerprint density at radius 1 is 1.24 bits per heavy atom. The van der Waals surface area contributed by atoms with E-state index in [2.05, 4.69) is 12.2 Å². The first kappa shape index (κ1) is 17.9. The molecule has 0 radical (unpaired) electrons. The Labute approximate surface area is 126 Å². The van der Waals surface area contributed by atoms with Crippen molar-refractivity contribution in [1.82, 2.24) is 5.32 Å². The Hall–Kier alpha value is -1.17. The van der Waals surface area contributed by atoms with Crippen molar-refractivity contribution in [3.63, 3.8) is 0 Å². The van der Waals surface area contributed by atoms with Gasteiger partial charge in [-0.15, -0.1) is 0 Å². The fourth-order valence-corrected chi connectivity index (χ4v) is 1.78. The molecule has 1 rings (SSSR count). The molecule has 4 nitrogen and oxygen atoms in total. The van der Waals surface area contributed by atoms with Gasteiger partial charge >= 0.3 is 0 Å². The zero-order chi connectivity index (χ0) is 15.5. The highest BCUT2D eigenvalue weighted by molar-refractivity contribution is 5.29. The van der Waals surface area contributed by atoms with Crippen molar-refractivity contribution in [2.24, 2.45) is 0 Å². The van der Waals surface area contributed by atoms with E-state index in [1.165, 1.54) is 12.1 Å². The molecule has 1 unspecified atom stereocenters. The average Bonchev–Trinajstić information content (AvgIpc) is 2.47. The monoisotopic (exact) mass is 299 g/mol. The van der Waals surface area contributed by atoms with Gasteiger partial charge in [-0.1, -0.05) is 20.3 Å². The normalized spacial score (nSPS) is 12.4. The van der Waals surface area contributed by atoms with Crippen molar-refractivity contribution in [2.75, 3.05) is 26.4 Å². The van der Waals surface area contributed by atoms with E-state index in [1.807, 2.05) is 6.92 Å². The minimum absolute atomic E-state index is 0.0935. The first-order valence-electron chi connectivity index (χ1n) is 7.54. The van der Waals surface area contributed by atoms with Crippen LogP contribution in [0.2, 0.25) is 0 Å². The van der Waals surface area contributed by atoms with Crippen molar-refractivity contribution in [1.29, 1.82) is 0 Å². The standard InChI is InChI=1S/C16H26FNO3/c1-3-5-6-20-11-15(19)12-21-16-8-13(10-18-4-2)7-14(17)9-16/h7-9,15,18-19H,3-6,10-12H2,1-2H3. The van der Waals surface area contributed by atoms with Crippen molar-refractivity contribution in [3.8, 4) is 5.75 Å². The van der Waals surface area contributed by atoms with Crippen LogP contribution in [0, 0.1) is 5.82 Å². The number of benzene rings is 1. The molecule has 0 saturated heterocycles. The van der Waals surface area contributed by atoms with Gasteiger partial charge in [0.25, 0.3) is 0 Å². The van der Waals surface area contributed by atoms with E-state index in [9.17, 15) is 9.50 Å². The number of hydrogen-bond acceptors (Lipinski definition) is 4. The van der Waals surface area contributed by atoms with Crippen LogP contribution in [0.15, 0.2) is 18.2 Å². The number of aliphatic hydroxyl groups is 1. The van der Waals surface area contributed by atoms with Crippen molar-refractivity contribution < 1.29 is 19.0 Å². The lowest BCUT2D eigenvalue weighted by Crippen LogP contribution is -2.23. The zero-order valence-electron chi connectivity index (χ0n) is 12.9. The molecule has 0 spiro atoms. The van der Waals surface area contributed by atoms with Crippen LogP contribution in [0.4, 0.5) is 4.39 Å². The minimum atomic E-state index is -0.706. The van der Waals surface area contributed by atoms with Crippen LogP contribution in [0.25, 0.3) is 0 Å².